The highest BCUT2D eigenvalue weighted by molar-refractivity contribution is 6.74. The topological polar surface area (TPSA) is 70.8 Å². The molecule has 182 valence electrons. The highest BCUT2D eigenvalue weighted by Crippen LogP contribution is 2.40. The van der Waals surface area contributed by atoms with E-state index in [2.05, 4.69) is 63.1 Å². The number of benzene rings is 2. The van der Waals surface area contributed by atoms with E-state index in [-0.39, 0.29) is 16.9 Å². The molecule has 0 saturated heterocycles. The molecule has 7 heteroatoms. The fourth-order valence-corrected chi connectivity index (χ4v) is 4.46. The standard InChI is InChI=1S/C27H35NO5Si/c1-27(2,3)34(5,6)33-23(25-28-18-24(32-25)26(29)30-4)17-16-20-12-14-21(15-13-20)19-31-22-10-8-7-9-11-22/h7-15,18,23H,16-17,19H2,1-6H3. The zero-order valence-electron chi connectivity index (χ0n) is 21.0. The van der Waals surface area contributed by atoms with Gasteiger partial charge in [0.1, 0.15) is 18.5 Å². The van der Waals surface area contributed by atoms with E-state index in [9.17, 15) is 4.79 Å². The zero-order chi connectivity index (χ0) is 24.8. The van der Waals surface area contributed by atoms with Crippen molar-refractivity contribution in [3.8, 4) is 5.75 Å². The van der Waals surface area contributed by atoms with Crippen molar-refractivity contribution in [1.29, 1.82) is 0 Å². The molecule has 0 fully saturated rings. The maximum atomic E-state index is 11.9. The average Bonchev–Trinajstić information content (AvgIpc) is 3.31. The summed E-state index contributed by atoms with van der Waals surface area (Å²) in [4.78, 5) is 16.2. The lowest BCUT2D eigenvalue weighted by molar-refractivity contribution is 0.0554. The van der Waals surface area contributed by atoms with Crippen molar-refractivity contribution in [2.24, 2.45) is 0 Å². The number of carbonyl (C=O) groups excluding carboxylic acids is 1. The predicted molar refractivity (Wildman–Crippen MR) is 134 cm³/mol. The molecule has 1 unspecified atom stereocenters. The number of para-hydroxylation sites is 1. The van der Waals surface area contributed by atoms with E-state index in [0.29, 0.717) is 18.9 Å². The molecule has 3 aromatic rings. The molecular weight excluding hydrogens is 446 g/mol. The van der Waals surface area contributed by atoms with Gasteiger partial charge in [-0.05, 0) is 54.2 Å². The molecule has 0 bridgehead atoms. The maximum absolute atomic E-state index is 11.9. The molecule has 0 aliphatic heterocycles. The number of aromatic nitrogens is 1. The first-order chi connectivity index (χ1) is 16.1. The van der Waals surface area contributed by atoms with Gasteiger partial charge in [-0.2, -0.15) is 0 Å². The Morgan fingerprint density at radius 3 is 2.29 bits per heavy atom. The van der Waals surface area contributed by atoms with Crippen LogP contribution in [0.1, 0.15) is 60.9 Å². The molecule has 6 nitrogen and oxygen atoms in total. The van der Waals surface area contributed by atoms with Gasteiger partial charge in [0, 0.05) is 0 Å². The van der Waals surface area contributed by atoms with E-state index < -0.39 is 14.3 Å². The Morgan fingerprint density at radius 2 is 1.68 bits per heavy atom. The van der Waals surface area contributed by atoms with Crippen LogP contribution in [0.15, 0.2) is 65.2 Å². The fourth-order valence-electron chi connectivity index (χ4n) is 3.18. The summed E-state index contributed by atoms with van der Waals surface area (Å²) in [7, 11) is -0.778. The summed E-state index contributed by atoms with van der Waals surface area (Å²) in [6.07, 6.45) is 2.54. The van der Waals surface area contributed by atoms with Crippen molar-refractivity contribution < 1.29 is 23.1 Å². The van der Waals surface area contributed by atoms with Crippen LogP contribution in [0.2, 0.25) is 18.1 Å². The Balaban J connectivity index is 1.68. The van der Waals surface area contributed by atoms with Gasteiger partial charge in [-0.3, -0.25) is 0 Å². The van der Waals surface area contributed by atoms with Gasteiger partial charge in [0.05, 0.1) is 13.3 Å². The Labute approximate surface area is 203 Å². The van der Waals surface area contributed by atoms with Crippen molar-refractivity contribution in [3.05, 3.63) is 83.6 Å². The zero-order valence-corrected chi connectivity index (χ0v) is 22.0. The Kier molecular flexibility index (Phi) is 8.33. The lowest BCUT2D eigenvalue weighted by Crippen LogP contribution is -2.42. The first-order valence-electron chi connectivity index (χ1n) is 11.6. The molecular formula is C27H35NO5Si. The lowest BCUT2D eigenvalue weighted by atomic mass is 10.1. The molecule has 2 aromatic carbocycles. The van der Waals surface area contributed by atoms with E-state index in [1.165, 1.54) is 18.9 Å². The number of hydrogen-bond donors (Lipinski definition) is 0. The van der Waals surface area contributed by atoms with Crippen LogP contribution in [-0.4, -0.2) is 26.4 Å². The number of esters is 1. The summed E-state index contributed by atoms with van der Waals surface area (Å²) in [6.45, 7) is 11.5. The number of carbonyl (C=O) groups is 1. The van der Waals surface area contributed by atoms with Crippen LogP contribution in [0.3, 0.4) is 0 Å². The first-order valence-corrected chi connectivity index (χ1v) is 14.5. The summed E-state index contributed by atoms with van der Waals surface area (Å²) in [5.74, 6) is 0.815. The second-order valence-electron chi connectivity index (χ2n) is 9.88. The van der Waals surface area contributed by atoms with Gasteiger partial charge in [-0.25, -0.2) is 9.78 Å². The Bertz CT molecular complexity index is 1050. The second kappa shape index (κ2) is 11.0. The summed E-state index contributed by atoms with van der Waals surface area (Å²) in [5, 5.41) is 0.0312. The van der Waals surface area contributed by atoms with Gasteiger partial charge < -0.3 is 18.3 Å². The third-order valence-corrected chi connectivity index (χ3v) is 10.8. The fraction of sp³-hybridized carbons (Fsp3) is 0.407. The highest BCUT2D eigenvalue weighted by Gasteiger charge is 2.40. The van der Waals surface area contributed by atoms with Gasteiger partial charge in [0.25, 0.3) is 0 Å². The number of hydrogen-bond acceptors (Lipinski definition) is 6. The largest absolute Gasteiger partial charge is 0.489 e. The Morgan fingerprint density at radius 1 is 1.03 bits per heavy atom. The molecule has 0 aliphatic rings. The molecule has 0 amide bonds. The van der Waals surface area contributed by atoms with Gasteiger partial charge >= 0.3 is 5.97 Å². The third-order valence-electron chi connectivity index (χ3n) is 6.30. The third kappa shape index (κ3) is 6.81. The minimum atomic E-state index is -2.10. The predicted octanol–water partition coefficient (Wildman–Crippen LogP) is 6.74. The van der Waals surface area contributed by atoms with Crippen LogP contribution in [0.25, 0.3) is 0 Å². The minimum absolute atomic E-state index is 0.0312. The monoisotopic (exact) mass is 481 g/mol. The summed E-state index contributed by atoms with van der Waals surface area (Å²) in [6, 6.07) is 18.2. The van der Waals surface area contributed by atoms with Crippen molar-refractivity contribution >= 4 is 14.3 Å². The normalized spacial score (nSPS) is 12.9. The molecule has 0 aliphatic carbocycles. The van der Waals surface area contributed by atoms with Gasteiger partial charge in [0.15, 0.2) is 8.32 Å². The van der Waals surface area contributed by atoms with Gasteiger partial charge in [0.2, 0.25) is 11.7 Å². The maximum Gasteiger partial charge on any atom is 0.375 e. The number of aryl methyl sites for hydroxylation is 1. The number of rotatable bonds is 10. The van der Waals surface area contributed by atoms with E-state index >= 15 is 0 Å². The van der Waals surface area contributed by atoms with Gasteiger partial charge in [-0.15, -0.1) is 0 Å². The van der Waals surface area contributed by atoms with Gasteiger partial charge in [-0.1, -0.05) is 63.2 Å². The molecule has 0 saturated carbocycles. The molecule has 34 heavy (non-hydrogen) atoms. The lowest BCUT2D eigenvalue weighted by Gasteiger charge is -2.38. The molecule has 1 aromatic heterocycles. The SMILES string of the molecule is COC(=O)c1cnc(C(CCc2ccc(COc3ccccc3)cc2)O[Si](C)(C)C(C)(C)C)o1. The quantitative estimate of drug-likeness (QED) is 0.236. The van der Waals surface area contributed by atoms with Crippen molar-refractivity contribution in [2.45, 2.75) is 64.5 Å². The van der Waals surface area contributed by atoms with Crippen molar-refractivity contribution in [2.75, 3.05) is 7.11 Å². The van der Waals surface area contributed by atoms with Crippen LogP contribution in [0.4, 0.5) is 0 Å². The summed E-state index contributed by atoms with van der Waals surface area (Å²) < 4.78 is 23.0. The number of oxazole rings is 1. The highest BCUT2D eigenvalue weighted by atomic mass is 28.4. The number of ether oxygens (including phenoxy) is 2. The molecule has 0 N–H and O–H groups in total. The van der Waals surface area contributed by atoms with Crippen LogP contribution in [0.5, 0.6) is 5.75 Å². The molecule has 1 atom stereocenters. The van der Waals surface area contributed by atoms with Crippen LogP contribution in [-0.2, 0) is 22.2 Å². The molecule has 0 spiro atoms. The minimum Gasteiger partial charge on any atom is -0.489 e. The van der Waals surface area contributed by atoms with E-state index in [1.54, 1.807) is 0 Å². The summed E-state index contributed by atoms with van der Waals surface area (Å²) in [5.41, 5.74) is 2.30. The first kappa shape index (κ1) is 25.7. The molecule has 3 rings (SSSR count). The van der Waals surface area contributed by atoms with E-state index in [0.717, 1.165) is 17.7 Å². The average molecular weight is 482 g/mol. The second-order valence-corrected chi connectivity index (χ2v) is 14.6. The van der Waals surface area contributed by atoms with Crippen LogP contribution >= 0.6 is 0 Å². The van der Waals surface area contributed by atoms with Crippen molar-refractivity contribution in [1.82, 2.24) is 4.98 Å². The number of nitrogens with zero attached hydrogens (tertiary/aromatic N) is 1. The van der Waals surface area contributed by atoms with Crippen LogP contribution < -0.4 is 4.74 Å². The Hall–Kier alpha value is -2.90. The van der Waals surface area contributed by atoms with E-state index in [1.807, 2.05) is 30.3 Å². The summed E-state index contributed by atoms with van der Waals surface area (Å²) >= 11 is 0. The van der Waals surface area contributed by atoms with Crippen molar-refractivity contribution in [3.63, 3.8) is 0 Å². The molecule has 1 heterocycles. The number of methoxy groups -OCH3 is 1. The smallest absolute Gasteiger partial charge is 0.375 e. The molecule has 0 radical (unpaired) electrons. The van der Waals surface area contributed by atoms with E-state index in [4.69, 9.17) is 18.3 Å². The van der Waals surface area contributed by atoms with Crippen LogP contribution in [0, 0.1) is 0 Å².